The van der Waals surface area contributed by atoms with E-state index in [-0.39, 0.29) is 6.04 Å². The van der Waals surface area contributed by atoms with E-state index < -0.39 is 0 Å². The first-order valence-electron chi connectivity index (χ1n) is 6.48. The van der Waals surface area contributed by atoms with Crippen LogP contribution in [0.5, 0.6) is 0 Å². The van der Waals surface area contributed by atoms with E-state index in [0.29, 0.717) is 12.3 Å². The lowest BCUT2D eigenvalue weighted by molar-refractivity contribution is 0.111. The summed E-state index contributed by atoms with van der Waals surface area (Å²) in [7, 11) is 0. The van der Waals surface area contributed by atoms with E-state index in [2.05, 4.69) is 9.67 Å². The predicted octanol–water partition coefficient (Wildman–Crippen LogP) is 2.06. The molecule has 0 spiro atoms. The lowest BCUT2D eigenvalue weighted by Crippen LogP contribution is -2.13. The van der Waals surface area contributed by atoms with Crippen LogP contribution in [0.25, 0.3) is 5.82 Å². The minimum atomic E-state index is 0.171. The molecule has 2 aromatic heterocycles. The summed E-state index contributed by atoms with van der Waals surface area (Å²) in [6, 6.07) is 6.11. The molecule has 0 aromatic carbocycles. The first kappa shape index (κ1) is 12.2. The summed E-state index contributed by atoms with van der Waals surface area (Å²) >= 11 is 0. The zero-order chi connectivity index (χ0) is 13.4. The Hall–Kier alpha value is -1.88. The molecular weight excluding hydrogens is 242 g/mol. The molecule has 1 fully saturated rings. The van der Waals surface area contributed by atoms with Crippen molar-refractivity contribution in [2.45, 2.75) is 26.3 Å². The fourth-order valence-corrected chi connectivity index (χ4v) is 2.63. The number of ether oxygens (including phenoxy) is 1. The van der Waals surface area contributed by atoms with Crippen molar-refractivity contribution < 1.29 is 9.53 Å². The summed E-state index contributed by atoms with van der Waals surface area (Å²) in [6.07, 6.45) is 1.77. The highest BCUT2D eigenvalue weighted by Crippen LogP contribution is 2.23. The molecule has 5 nitrogen and oxygen atoms in total. The van der Waals surface area contributed by atoms with Crippen LogP contribution in [0.15, 0.2) is 18.2 Å². The van der Waals surface area contributed by atoms with Gasteiger partial charge in [-0.25, -0.2) is 0 Å². The highest BCUT2D eigenvalue weighted by molar-refractivity contribution is 5.73. The summed E-state index contributed by atoms with van der Waals surface area (Å²) in [5.41, 5.74) is 2.84. The fraction of sp³-hybridized carbons (Fsp3) is 0.429. The summed E-state index contributed by atoms with van der Waals surface area (Å²) in [6.45, 7) is 5.43. The average Bonchev–Trinajstić information content (AvgIpc) is 3.09. The first-order valence-corrected chi connectivity index (χ1v) is 6.48. The van der Waals surface area contributed by atoms with Gasteiger partial charge in [-0.1, -0.05) is 0 Å². The third-order valence-corrected chi connectivity index (χ3v) is 3.62. The van der Waals surface area contributed by atoms with Gasteiger partial charge in [0.15, 0.2) is 12.1 Å². The van der Waals surface area contributed by atoms with Gasteiger partial charge < -0.3 is 9.30 Å². The molecule has 3 heterocycles. The van der Waals surface area contributed by atoms with Crippen molar-refractivity contribution in [1.29, 1.82) is 0 Å². The van der Waals surface area contributed by atoms with Crippen molar-refractivity contribution in [2.75, 3.05) is 13.2 Å². The molecule has 1 saturated heterocycles. The molecular formula is C14H17N3O2. The van der Waals surface area contributed by atoms with Crippen LogP contribution < -0.4 is 0 Å². The third kappa shape index (κ3) is 2.00. The fourth-order valence-electron chi connectivity index (χ4n) is 2.63. The summed E-state index contributed by atoms with van der Waals surface area (Å²) in [5.74, 6) is 0.800. The van der Waals surface area contributed by atoms with Crippen LogP contribution in [-0.4, -0.2) is 33.8 Å². The standard InChI is InChI=1S/C14H17N3O2/c1-10-3-4-11(2)16(10)14-7-13(8-18)17(15-14)12-5-6-19-9-12/h3-4,7-8,12H,5-6,9H2,1-2H3/t12-/m0/s1. The van der Waals surface area contributed by atoms with Crippen LogP contribution >= 0.6 is 0 Å². The maximum absolute atomic E-state index is 11.2. The molecule has 3 rings (SSSR count). The average molecular weight is 259 g/mol. The van der Waals surface area contributed by atoms with Crippen molar-refractivity contribution in [1.82, 2.24) is 14.3 Å². The van der Waals surface area contributed by atoms with E-state index in [1.807, 2.05) is 32.0 Å². The van der Waals surface area contributed by atoms with Crippen molar-refractivity contribution >= 4 is 6.29 Å². The Balaban J connectivity index is 2.06. The van der Waals surface area contributed by atoms with Crippen LogP contribution in [0.4, 0.5) is 0 Å². The number of aryl methyl sites for hydroxylation is 2. The van der Waals surface area contributed by atoms with E-state index in [1.165, 1.54) is 0 Å². The number of nitrogens with zero attached hydrogens (tertiary/aromatic N) is 3. The molecule has 100 valence electrons. The highest BCUT2D eigenvalue weighted by Gasteiger charge is 2.22. The zero-order valence-corrected chi connectivity index (χ0v) is 11.2. The van der Waals surface area contributed by atoms with Gasteiger partial charge in [-0.05, 0) is 32.4 Å². The second-order valence-electron chi connectivity index (χ2n) is 4.96. The largest absolute Gasteiger partial charge is 0.379 e. The van der Waals surface area contributed by atoms with Gasteiger partial charge in [-0.3, -0.25) is 9.48 Å². The Labute approximate surface area is 111 Å². The normalized spacial score (nSPS) is 18.9. The second kappa shape index (κ2) is 4.66. The van der Waals surface area contributed by atoms with Crippen molar-refractivity contribution in [2.24, 2.45) is 0 Å². The lowest BCUT2D eigenvalue weighted by atomic mass is 10.2. The minimum absolute atomic E-state index is 0.171. The number of carbonyl (C=O) groups is 1. The molecule has 0 bridgehead atoms. The smallest absolute Gasteiger partial charge is 0.168 e. The summed E-state index contributed by atoms with van der Waals surface area (Å²) in [5, 5.41) is 4.60. The molecule has 5 heteroatoms. The number of aldehydes is 1. The number of hydrogen-bond donors (Lipinski definition) is 0. The van der Waals surface area contributed by atoms with Gasteiger partial charge in [0.2, 0.25) is 0 Å². The Morgan fingerprint density at radius 2 is 2.11 bits per heavy atom. The third-order valence-electron chi connectivity index (χ3n) is 3.62. The number of carbonyl (C=O) groups excluding carboxylic acids is 1. The molecule has 1 aliphatic heterocycles. The second-order valence-corrected chi connectivity index (χ2v) is 4.96. The molecule has 0 aliphatic carbocycles. The predicted molar refractivity (Wildman–Crippen MR) is 70.9 cm³/mol. The monoisotopic (exact) mass is 259 g/mol. The Bertz CT molecular complexity index is 587. The molecule has 2 aromatic rings. The van der Waals surface area contributed by atoms with Crippen molar-refractivity contribution in [3.63, 3.8) is 0 Å². The Morgan fingerprint density at radius 1 is 1.37 bits per heavy atom. The van der Waals surface area contributed by atoms with E-state index in [4.69, 9.17) is 4.74 Å². The quantitative estimate of drug-likeness (QED) is 0.793. The van der Waals surface area contributed by atoms with Crippen LogP contribution in [0.2, 0.25) is 0 Å². The first-order chi connectivity index (χ1) is 9.20. The van der Waals surface area contributed by atoms with E-state index in [9.17, 15) is 4.79 Å². The van der Waals surface area contributed by atoms with Crippen molar-refractivity contribution in [3.8, 4) is 5.82 Å². The van der Waals surface area contributed by atoms with Gasteiger partial charge in [0, 0.05) is 24.1 Å². The van der Waals surface area contributed by atoms with Crippen molar-refractivity contribution in [3.05, 3.63) is 35.3 Å². The van der Waals surface area contributed by atoms with E-state index in [0.717, 1.165) is 36.5 Å². The van der Waals surface area contributed by atoms with Crippen LogP contribution in [0, 0.1) is 13.8 Å². The van der Waals surface area contributed by atoms with Gasteiger partial charge >= 0.3 is 0 Å². The molecule has 0 amide bonds. The number of rotatable bonds is 3. The number of hydrogen-bond acceptors (Lipinski definition) is 3. The van der Waals surface area contributed by atoms with E-state index in [1.54, 1.807) is 4.68 Å². The van der Waals surface area contributed by atoms with Crippen LogP contribution in [0.1, 0.15) is 34.3 Å². The summed E-state index contributed by atoms with van der Waals surface area (Å²) in [4.78, 5) is 11.2. The molecule has 1 aliphatic rings. The molecule has 1 atom stereocenters. The minimum Gasteiger partial charge on any atom is -0.379 e. The maximum Gasteiger partial charge on any atom is 0.168 e. The maximum atomic E-state index is 11.2. The van der Waals surface area contributed by atoms with Gasteiger partial charge in [0.25, 0.3) is 0 Å². The van der Waals surface area contributed by atoms with Crippen LogP contribution in [0.3, 0.4) is 0 Å². The number of aromatic nitrogens is 3. The van der Waals surface area contributed by atoms with Gasteiger partial charge in [0.05, 0.1) is 12.6 Å². The molecule has 0 saturated carbocycles. The Morgan fingerprint density at radius 3 is 2.68 bits per heavy atom. The molecule has 0 radical (unpaired) electrons. The zero-order valence-electron chi connectivity index (χ0n) is 11.2. The lowest BCUT2D eigenvalue weighted by Gasteiger charge is -2.10. The summed E-state index contributed by atoms with van der Waals surface area (Å²) < 4.78 is 9.23. The molecule has 19 heavy (non-hydrogen) atoms. The molecule has 0 N–H and O–H groups in total. The van der Waals surface area contributed by atoms with Crippen LogP contribution in [-0.2, 0) is 4.74 Å². The molecule has 0 unspecified atom stereocenters. The highest BCUT2D eigenvalue weighted by atomic mass is 16.5. The topological polar surface area (TPSA) is 49.0 Å². The SMILES string of the molecule is Cc1ccc(C)n1-c1cc(C=O)n([C@H]2CCOC2)n1. The van der Waals surface area contributed by atoms with Gasteiger partial charge in [0.1, 0.15) is 5.69 Å². The van der Waals surface area contributed by atoms with Gasteiger partial charge in [-0.2, -0.15) is 5.10 Å². The Kier molecular flexibility index (Phi) is 2.98. The van der Waals surface area contributed by atoms with Gasteiger partial charge in [-0.15, -0.1) is 0 Å². The van der Waals surface area contributed by atoms with E-state index >= 15 is 0 Å².